The number of rotatable bonds is 18. The van der Waals surface area contributed by atoms with Crippen molar-refractivity contribution in [1.29, 1.82) is 0 Å². The molecule has 67 heavy (non-hydrogen) atoms. The third-order valence-electron chi connectivity index (χ3n) is 10.7. The van der Waals surface area contributed by atoms with Crippen molar-refractivity contribution in [3.8, 4) is 23.0 Å². The number of carboxylic acid groups (broad SMARTS) is 8. The van der Waals surface area contributed by atoms with E-state index in [1.807, 2.05) is 0 Å². The molecule has 0 aromatic heterocycles. The number of hydrogen-bond acceptors (Lipinski definition) is 12. The van der Waals surface area contributed by atoms with E-state index < -0.39 is 132 Å². The van der Waals surface area contributed by atoms with Crippen LogP contribution in [0.15, 0.2) is 120 Å². The lowest BCUT2D eigenvalue weighted by Gasteiger charge is -2.39. The largest absolute Gasteiger partial charge is 0.478 e. The number of aromatic carboxylic acids is 8. The van der Waals surface area contributed by atoms with Crippen molar-refractivity contribution in [1.82, 2.24) is 0 Å². The van der Waals surface area contributed by atoms with Crippen LogP contribution < -0.4 is 18.9 Å². The molecule has 0 unspecified atom stereocenters. The van der Waals surface area contributed by atoms with Crippen molar-refractivity contribution < 1.29 is 98.2 Å². The lowest BCUT2D eigenvalue weighted by atomic mass is 9.73. The Morgan fingerprint density at radius 1 is 0.403 bits per heavy atom. The minimum Gasteiger partial charge on any atom is -0.478 e. The molecule has 0 saturated heterocycles. The normalized spacial score (nSPS) is 14.7. The molecule has 0 amide bonds. The van der Waals surface area contributed by atoms with E-state index >= 15 is 0 Å². The lowest BCUT2D eigenvalue weighted by molar-refractivity contribution is -0.0702. The van der Waals surface area contributed by atoms with E-state index in [0.29, 0.717) is 11.1 Å². The summed E-state index contributed by atoms with van der Waals surface area (Å²) in [5.41, 5.74) is -5.77. The average molecular weight is 921 g/mol. The van der Waals surface area contributed by atoms with Gasteiger partial charge in [0.15, 0.2) is 0 Å². The van der Waals surface area contributed by atoms with Crippen LogP contribution in [0.1, 0.15) is 110 Å². The summed E-state index contributed by atoms with van der Waals surface area (Å²) in [4.78, 5) is 97.8. The highest BCUT2D eigenvalue weighted by atomic mass is 16.7. The molecule has 344 valence electrons. The van der Waals surface area contributed by atoms with Gasteiger partial charge in [-0.3, -0.25) is 0 Å². The van der Waals surface area contributed by atoms with Gasteiger partial charge in [-0.25, -0.2) is 38.4 Å². The zero-order valence-electron chi connectivity index (χ0n) is 34.8. The Labute approximate surface area is 376 Å². The molecule has 0 atom stereocenters. The quantitative estimate of drug-likeness (QED) is 0.0462. The monoisotopic (exact) mass is 920 g/mol. The SMILES string of the molecule is CC(C)(C1=CCC(Oc2cccc(C(=O)O)c2C(=O)O)(Oc2cccc(C(=O)O)c2C(=O)O)C=C1)C1=CCC(Oc2cccc(C(=O)O)c2C(=O)O)(Oc2cccc(C(=O)O)c2C(=O)O)C=C1. The van der Waals surface area contributed by atoms with Crippen LogP contribution in [0.4, 0.5) is 0 Å². The molecule has 4 aromatic carbocycles. The van der Waals surface area contributed by atoms with Crippen LogP contribution in [-0.2, 0) is 0 Å². The smallest absolute Gasteiger partial charge is 0.340 e. The van der Waals surface area contributed by atoms with Crippen molar-refractivity contribution in [2.45, 2.75) is 38.3 Å². The molecule has 0 aliphatic heterocycles. The van der Waals surface area contributed by atoms with Crippen molar-refractivity contribution in [3.63, 3.8) is 0 Å². The molecular formula is C47H36O20. The standard InChI is InChI=1S/C47H36O20/c1-45(2,23-15-19-46(20-16-23,64-29-11-3-7-25(37(48)49)33(29)41(56)57)65-30-12-4-8-26(38(50)51)34(30)42(58)59)24-17-21-47(22-18-24,66-31-13-5-9-27(39(52)53)35(31)43(60)61)67-32-14-6-10-28(40(54)55)36(32)44(62)63/h3-19,21H,20,22H2,1-2H3,(H,48,49)(H,50,51)(H,52,53)(H,54,55)(H,56,57)(H,58,59)(H,60,61)(H,62,63). The first-order valence-corrected chi connectivity index (χ1v) is 19.5. The predicted octanol–water partition coefficient (Wildman–Crippen LogP) is 7.08. The summed E-state index contributed by atoms with van der Waals surface area (Å²) in [7, 11) is 0. The second kappa shape index (κ2) is 18.1. The highest BCUT2D eigenvalue weighted by molar-refractivity contribution is 6.06. The van der Waals surface area contributed by atoms with Gasteiger partial charge in [0.25, 0.3) is 11.6 Å². The summed E-state index contributed by atoms with van der Waals surface area (Å²) in [6.45, 7) is 3.50. The maximum absolute atomic E-state index is 12.4. The van der Waals surface area contributed by atoms with Crippen molar-refractivity contribution >= 4 is 47.8 Å². The summed E-state index contributed by atoms with van der Waals surface area (Å²) < 4.78 is 24.6. The van der Waals surface area contributed by atoms with Gasteiger partial charge in [0.05, 0.1) is 22.3 Å². The first-order chi connectivity index (χ1) is 31.5. The molecule has 20 heteroatoms. The molecule has 0 saturated carbocycles. The number of ether oxygens (including phenoxy) is 4. The van der Waals surface area contributed by atoms with Crippen molar-refractivity contribution in [2.75, 3.05) is 0 Å². The number of hydrogen-bond donors (Lipinski definition) is 8. The zero-order chi connectivity index (χ0) is 49.2. The summed E-state index contributed by atoms with van der Waals surface area (Å²) in [6.07, 6.45) is 7.97. The Morgan fingerprint density at radius 3 is 0.821 bits per heavy atom. The van der Waals surface area contributed by atoms with Crippen LogP contribution in [0, 0.1) is 5.41 Å². The van der Waals surface area contributed by atoms with Gasteiger partial charge in [-0.2, -0.15) is 0 Å². The Morgan fingerprint density at radius 2 is 0.642 bits per heavy atom. The van der Waals surface area contributed by atoms with Crippen LogP contribution in [0.25, 0.3) is 0 Å². The topological polar surface area (TPSA) is 335 Å². The summed E-state index contributed by atoms with van der Waals surface area (Å²) >= 11 is 0. The Hall–Kier alpha value is -9.20. The van der Waals surface area contributed by atoms with Crippen molar-refractivity contribution in [3.05, 3.63) is 165 Å². The third-order valence-corrected chi connectivity index (χ3v) is 10.7. The van der Waals surface area contributed by atoms with E-state index in [0.717, 1.165) is 48.5 Å². The van der Waals surface area contributed by atoms with Gasteiger partial charge >= 0.3 is 47.8 Å². The van der Waals surface area contributed by atoms with E-state index in [1.165, 1.54) is 48.6 Å². The van der Waals surface area contributed by atoms with Gasteiger partial charge in [0.2, 0.25) is 0 Å². The Balaban J connectivity index is 1.42. The van der Waals surface area contributed by atoms with Crippen LogP contribution in [-0.4, -0.2) is 100 Å². The minimum atomic E-state index is -2.16. The molecule has 6 rings (SSSR count). The van der Waals surface area contributed by atoms with Crippen LogP contribution in [0.5, 0.6) is 23.0 Å². The highest BCUT2D eigenvalue weighted by Gasteiger charge is 2.43. The Kier molecular flexibility index (Phi) is 12.8. The van der Waals surface area contributed by atoms with Gasteiger partial charge in [-0.05, 0) is 59.7 Å². The summed E-state index contributed by atoms with van der Waals surface area (Å²) in [6, 6.07) is 13.5. The molecule has 0 radical (unpaired) electrons. The van der Waals surface area contributed by atoms with Gasteiger partial charge in [-0.15, -0.1) is 0 Å². The predicted molar refractivity (Wildman–Crippen MR) is 227 cm³/mol. The fourth-order valence-electron chi connectivity index (χ4n) is 7.45. The summed E-state index contributed by atoms with van der Waals surface area (Å²) in [5, 5.41) is 79.3. The van der Waals surface area contributed by atoms with Gasteiger partial charge < -0.3 is 59.8 Å². The molecule has 0 heterocycles. The number of carbonyl (C=O) groups is 8. The molecule has 0 bridgehead atoms. The molecule has 2 aliphatic rings. The Bertz CT molecular complexity index is 2580. The molecule has 8 N–H and O–H groups in total. The first-order valence-electron chi connectivity index (χ1n) is 19.5. The second-order valence-corrected chi connectivity index (χ2v) is 15.2. The van der Waals surface area contributed by atoms with E-state index in [4.69, 9.17) is 18.9 Å². The maximum Gasteiger partial charge on any atom is 0.340 e. The van der Waals surface area contributed by atoms with E-state index in [9.17, 15) is 79.2 Å². The lowest BCUT2D eigenvalue weighted by Crippen LogP contribution is -2.43. The second-order valence-electron chi connectivity index (χ2n) is 15.2. The molecule has 2 aliphatic carbocycles. The van der Waals surface area contributed by atoms with Crippen LogP contribution in [0.3, 0.4) is 0 Å². The molecule has 0 fully saturated rings. The first kappa shape index (κ1) is 47.3. The zero-order valence-corrected chi connectivity index (χ0v) is 34.8. The molecular weight excluding hydrogens is 884 g/mol. The highest BCUT2D eigenvalue weighted by Crippen LogP contribution is 2.45. The number of carboxylic acids is 8. The molecule has 4 aromatic rings. The van der Waals surface area contributed by atoms with E-state index in [-0.39, 0.29) is 12.8 Å². The number of allylic oxidation sites excluding steroid dienone is 4. The van der Waals surface area contributed by atoms with Crippen molar-refractivity contribution in [2.24, 2.45) is 5.41 Å². The average Bonchev–Trinajstić information content (AvgIpc) is 3.25. The van der Waals surface area contributed by atoms with E-state index in [1.54, 1.807) is 26.0 Å². The van der Waals surface area contributed by atoms with Gasteiger partial charge in [0.1, 0.15) is 45.3 Å². The maximum atomic E-state index is 12.4. The van der Waals surface area contributed by atoms with E-state index in [2.05, 4.69) is 0 Å². The van der Waals surface area contributed by atoms with Gasteiger partial charge in [-0.1, -0.05) is 62.4 Å². The third kappa shape index (κ3) is 9.39. The summed E-state index contributed by atoms with van der Waals surface area (Å²) in [5.74, 6) is -19.5. The van der Waals surface area contributed by atoms with Crippen LogP contribution >= 0.6 is 0 Å². The molecule has 20 nitrogen and oxygen atoms in total. The fourth-order valence-corrected chi connectivity index (χ4v) is 7.45. The fraction of sp³-hybridized carbons (Fsp3) is 0.149. The van der Waals surface area contributed by atoms with Gasteiger partial charge in [0, 0.05) is 30.4 Å². The minimum absolute atomic E-state index is 0.349. The van der Waals surface area contributed by atoms with Crippen LogP contribution in [0.2, 0.25) is 0 Å². The number of benzene rings is 4. The molecule has 0 spiro atoms.